The van der Waals surface area contributed by atoms with Crippen molar-refractivity contribution < 1.29 is 18.7 Å². The van der Waals surface area contributed by atoms with Crippen LogP contribution in [0.3, 0.4) is 0 Å². The van der Waals surface area contributed by atoms with Gasteiger partial charge >= 0.3 is 0 Å². The first kappa shape index (κ1) is 19.7. The molecule has 6 nitrogen and oxygen atoms in total. The Balaban J connectivity index is 2.36. The highest BCUT2D eigenvalue weighted by Crippen LogP contribution is 2.34. The predicted octanol–water partition coefficient (Wildman–Crippen LogP) is 2.52. The normalized spacial score (nSPS) is 21.2. The minimum absolute atomic E-state index is 0.0635. The number of aromatic nitrogens is 1. The maximum atomic E-state index is 13.9. The van der Waals surface area contributed by atoms with E-state index in [-0.39, 0.29) is 18.7 Å². The number of morpholine rings is 1. The molecule has 2 heterocycles. The van der Waals surface area contributed by atoms with Crippen LogP contribution in [0.5, 0.6) is 0 Å². The summed E-state index contributed by atoms with van der Waals surface area (Å²) in [4.78, 5) is 29.3. The molecule has 1 aliphatic rings. The standard InChI is InChI=1S/C19H22FN3O3/c1-14(9-21)8-19(11-18(2,3)13-24)12-23(6-7-26-19)17(25)15-4-5-22-10-16(15)20/h4-5,8,10,13H,6-7,11-12H2,1-3H3/b14-8+. The summed E-state index contributed by atoms with van der Waals surface area (Å²) < 4.78 is 19.9. The molecule has 1 aliphatic heterocycles. The molecule has 1 aromatic rings. The quantitative estimate of drug-likeness (QED) is 0.596. The van der Waals surface area contributed by atoms with Crippen LogP contribution in [0.2, 0.25) is 0 Å². The van der Waals surface area contributed by atoms with Crippen molar-refractivity contribution in [3.05, 3.63) is 41.5 Å². The van der Waals surface area contributed by atoms with Crippen LogP contribution in [0.15, 0.2) is 30.1 Å². The molecule has 0 aromatic carbocycles. The van der Waals surface area contributed by atoms with Gasteiger partial charge in [0.25, 0.3) is 5.91 Å². The first-order valence-corrected chi connectivity index (χ1v) is 8.31. The number of pyridine rings is 1. The average molecular weight is 359 g/mol. The second-order valence-corrected chi connectivity index (χ2v) is 7.22. The smallest absolute Gasteiger partial charge is 0.257 e. The fourth-order valence-electron chi connectivity index (χ4n) is 3.18. The number of amides is 1. The molecule has 1 amide bonds. The molecule has 0 aliphatic carbocycles. The lowest BCUT2D eigenvalue weighted by molar-refractivity contribution is -0.123. The van der Waals surface area contributed by atoms with E-state index in [1.165, 1.54) is 17.2 Å². The second kappa shape index (κ2) is 7.75. The Morgan fingerprint density at radius 3 is 2.92 bits per heavy atom. The molecule has 0 spiro atoms. The van der Waals surface area contributed by atoms with E-state index >= 15 is 0 Å². The molecule has 0 N–H and O–H groups in total. The molecule has 1 saturated heterocycles. The summed E-state index contributed by atoms with van der Waals surface area (Å²) in [5, 5.41) is 9.14. The number of aldehydes is 1. The van der Waals surface area contributed by atoms with Gasteiger partial charge < -0.3 is 14.4 Å². The molecule has 1 unspecified atom stereocenters. The zero-order valence-electron chi connectivity index (χ0n) is 15.2. The largest absolute Gasteiger partial charge is 0.367 e. The van der Waals surface area contributed by atoms with Crippen LogP contribution in [0.25, 0.3) is 0 Å². The Morgan fingerprint density at radius 1 is 1.58 bits per heavy atom. The van der Waals surface area contributed by atoms with Crippen LogP contribution in [-0.2, 0) is 9.53 Å². The van der Waals surface area contributed by atoms with Crippen molar-refractivity contribution in [2.75, 3.05) is 19.7 Å². The van der Waals surface area contributed by atoms with Gasteiger partial charge in [0.2, 0.25) is 0 Å². The van der Waals surface area contributed by atoms with E-state index < -0.39 is 22.7 Å². The Bertz CT molecular complexity index is 770. The molecule has 7 heteroatoms. The van der Waals surface area contributed by atoms with E-state index in [0.717, 1.165) is 12.5 Å². The van der Waals surface area contributed by atoms with E-state index in [9.17, 15) is 14.0 Å². The van der Waals surface area contributed by atoms with Crippen molar-refractivity contribution >= 4 is 12.2 Å². The Labute approximate surface area is 152 Å². The van der Waals surface area contributed by atoms with E-state index in [2.05, 4.69) is 4.98 Å². The molecular formula is C19H22FN3O3. The predicted molar refractivity (Wildman–Crippen MR) is 92.6 cm³/mol. The summed E-state index contributed by atoms with van der Waals surface area (Å²) >= 11 is 0. The number of carbonyl (C=O) groups is 2. The zero-order chi connectivity index (χ0) is 19.4. The summed E-state index contributed by atoms with van der Waals surface area (Å²) in [5.41, 5.74) is -1.33. The minimum Gasteiger partial charge on any atom is -0.367 e. The van der Waals surface area contributed by atoms with Crippen molar-refractivity contribution in [2.45, 2.75) is 32.8 Å². The molecule has 138 valence electrons. The number of hydrogen-bond acceptors (Lipinski definition) is 5. The number of nitriles is 1. The van der Waals surface area contributed by atoms with Crippen LogP contribution in [0.4, 0.5) is 4.39 Å². The van der Waals surface area contributed by atoms with Gasteiger partial charge in [0, 0.05) is 23.7 Å². The van der Waals surface area contributed by atoms with Crippen LogP contribution in [0, 0.1) is 22.6 Å². The first-order valence-electron chi connectivity index (χ1n) is 8.31. The number of rotatable bonds is 5. The lowest BCUT2D eigenvalue weighted by atomic mass is 9.79. The van der Waals surface area contributed by atoms with Gasteiger partial charge in [0.1, 0.15) is 11.9 Å². The molecule has 1 fully saturated rings. The molecular weight excluding hydrogens is 337 g/mol. The topological polar surface area (TPSA) is 83.3 Å². The van der Waals surface area contributed by atoms with Gasteiger partial charge in [-0.05, 0) is 25.5 Å². The fraction of sp³-hybridized carbons (Fsp3) is 0.474. The number of carbonyl (C=O) groups excluding carboxylic acids is 2. The van der Waals surface area contributed by atoms with Gasteiger partial charge in [-0.15, -0.1) is 0 Å². The summed E-state index contributed by atoms with van der Waals surface area (Å²) in [6, 6.07) is 3.38. The van der Waals surface area contributed by atoms with Gasteiger partial charge in [-0.2, -0.15) is 5.26 Å². The van der Waals surface area contributed by atoms with Crippen LogP contribution in [0.1, 0.15) is 37.6 Å². The van der Waals surface area contributed by atoms with Gasteiger partial charge in [-0.25, -0.2) is 4.39 Å². The molecule has 0 saturated carbocycles. The number of halogens is 1. The number of ether oxygens (including phenoxy) is 1. The lowest BCUT2D eigenvalue weighted by Crippen LogP contribution is -2.54. The molecule has 0 radical (unpaired) electrons. The molecule has 1 atom stereocenters. The Hall–Kier alpha value is -2.59. The number of hydrogen-bond donors (Lipinski definition) is 0. The summed E-state index contributed by atoms with van der Waals surface area (Å²) in [5.74, 6) is -1.16. The van der Waals surface area contributed by atoms with Gasteiger partial charge in [0.05, 0.1) is 31.0 Å². The molecule has 2 rings (SSSR count). The van der Waals surface area contributed by atoms with Crippen molar-refractivity contribution in [3.63, 3.8) is 0 Å². The second-order valence-electron chi connectivity index (χ2n) is 7.22. The van der Waals surface area contributed by atoms with E-state index in [1.54, 1.807) is 26.8 Å². The Kier molecular flexibility index (Phi) is 5.88. The Morgan fingerprint density at radius 2 is 2.31 bits per heavy atom. The lowest BCUT2D eigenvalue weighted by Gasteiger charge is -2.43. The van der Waals surface area contributed by atoms with E-state index in [0.29, 0.717) is 18.5 Å². The van der Waals surface area contributed by atoms with Crippen molar-refractivity contribution in [3.8, 4) is 6.07 Å². The van der Waals surface area contributed by atoms with Crippen molar-refractivity contribution in [1.82, 2.24) is 9.88 Å². The highest BCUT2D eigenvalue weighted by Gasteiger charge is 2.41. The molecule has 26 heavy (non-hydrogen) atoms. The van der Waals surface area contributed by atoms with Crippen LogP contribution >= 0.6 is 0 Å². The minimum atomic E-state index is -0.984. The monoisotopic (exact) mass is 359 g/mol. The average Bonchev–Trinajstić information content (AvgIpc) is 2.61. The van der Waals surface area contributed by atoms with Crippen LogP contribution in [-0.4, -0.2) is 47.4 Å². The van der Waals surface area contributed by atoms with Crippen LogP contribution < -0.4 is 0 Å². The van der Waals surface area contributed by atoms with Gasteiger partial charge in [-0.3, -0.25) is 9.78 Å². The van der Waals surface area contributed by atoms with E-state index in [4.69, 9.17) is 10.00 Å². The van der Waals surface area contributed by atoms with Crippen molar-refractivity contribution in [1.29, 1.82) is 5.26 Å². The van der Waals surface area contributed by atoms with Gasteiger partial charge in [-0.1, -0.05) is 13.8 Å². The highest BCUT2D eigenvalue weighted by atomic mass is 19.1. The summed E-state index contributed by atoms with van der Waals surface area (Å²) in [6.07, 6.45) is 5.14. The third-order valence-electron chi connectivity index (χ3n) is 4.23. The third-order valence-corrected chi connectivity index (χ3v) is 4.23. The number of nitrogens with zero attached hydrogens (tertiary/aromatic N) is 3. The SMILES string of the molecule is C/C(C#N)=C\C1(CC(C)(C)C=O)CN(C(=O)c2ccncc2F)CCO1. The summed E-state index contributed by atoms with van der Waals surface area (Å²) in [7, 11) is 0. The molecule has 1 aromatic heterocycles. The highest BCUT2D eigenvalue weighted by molar-refractivity contribution is 5.94. The number of allylic oxidation sites excluding steroid dienone is 1. The first-order chi connectivity index (χ1) is 12.2. The third kappa shape index (κ3) is 4.52. The maximum Gasteiger partial charge on any atom is 0.257 e. The molecule has 0 bridgehead atoms. The maximum absolute atomic E-state index is 13.9. The van der Waals surface area contributed by atoms with Crippen molar-refractivity contribution in [2.24, 2.45) is 5.41 Å². The van der Waals surface area contributed by atoms with Gasteiger partial charge in [0.15, 0.2) is 5.82 Å². The zero-order valence-corrected chi connectivity index (χ0v) is 15.2. The summed E-state index contributed by atoms with van der Waals surface area (Å²) in [6.45, 7) is 5.83. The fourth-order valence-corrected chi connectivity index (χ4v) is 3.18. The van der Waals surface area contributed by atoms with E-state index in [1.807, 2.05) is 6.07 Å².